The van der Waals surface area contributed by atoms with Crippen molar-refractivity contribution in [1.29, 1.82) is 0 Å². The fraction of sp³-hybridized carbons (Fsp3) is 0.200. The van der Waals surface area contributed by atoms with E-state index < -0.39 is 0 Å². The molecule has 0 bridgehead atoms. The topological polar surface area (TPSA) is 30.1 Å². The molecule has 0 atom stereocenters. The summed E-state index contributed by atoms with van der Waals surface area (Å²) in [5.74, 6) is 0.312. The summed E-state index contributed by atoms with van der Waals surface area (Å²) in [5.41, 5.74) is 3.40. The van der Waals surface area contributed by atoms with Gasteiger partial charge in [-0.25, -0.2) is 0 Å². The predicted octanol–water partition coefficient (Wildman–Crippen LogP) is 4.78. The highest BCUT2D eigenvalue weighted by atomic mass is 16.3. The molecule has 3 heteroatoms. The van der Waals surface area contributed by atoms with E-state index in [0.717, 1.165) is 34.8 Å². The first-order valence-electron chi connectivity index (χ1n) is 8.06. The molecule has 116 valence electrons. The van der Waals surface area contributed by atoms with Gasteiger partial charge in [-0.3, -0.25) is 4.57 Å². The average Bonchev–Trinajstić information content (AvgIpc) is 3.09. The van der Waals surface area contributed by atoms with Gasteiger partial charge in [-0.05, 0) is 41.6 Å². The Morgan fingerprint density at radius 1 is 1.00 bits per heavy atom. The molecule has 23 heavy (non-hydrogen) atoms. The third kappa shape index (κ3) is 2.20. The highest BCUT2D eigenvalue weighted by Crippen LogP contribution is 2.32. The van der Waals surface area contributed by atoms with Gasteiger partial charge < -0.3 is 9.67 Å². The van der Waals surface area contributed by atoms with E-state index in [-0.39, 0.29) is 0 Å². The Balaban J connectivity index is 1.89. The van der Waals surface area contributed by atoms with Crippen LogP contribution in [0.1, 0.15) is 18.9 Å². The number of aromatic hydroxyl groups is 1. The van der Waals surface area contributed by atoms with Crippen LogP contribution >= 0.6 is 0 Å². The van der Waals surface area contributed by atoms with Gasteiger partial charge in [-0.2, -0.15) is 0 Å². The fourth-order valence-electron chi connectivity index (χ4n) is 3.28. The molecule has 0 spiro atoms. The maximum absolute atomic E-state index is 10.7. The van der Waals surface area contributed by atoms with E-state index in [4.69, 9.17) is 0 Å². The van der Waals surface area contributed by atoms with Crippen molar-refractivity contribution in [3.05, 3.63) is 60.4 Å². The van der Waals surface area contributed by atoms with Crippen molar-refractivity contribution in [2.24, 2.45) is 7.05 Å². The Morgan fingerprint density at radius 3 is 2.65 bits per heavy atom. The zero-order chi connectivity index (χ0) is 16.0. The van der Waals surface area contributed by atoms with Crippen molar-refractivity contribution in [2.75, 3.05) is 0 Å². The largest absolute Gasteiger partial charge is 0.494 e. The minimum atomic E-state index is 0.312. The number of aryl methyl sites for hydroxylation is 2. The zero-order valence-corrected chi connectivity index (χ0v) is 13.5. The lowest BCUT2D eigenvalue weighted by atomic mass is 10.1. The van der Waals surface area contributed by atoms with Crippen molar-refractivity contribution < 1.29 is 5.11 Å². The Kier molecular flexibility index (Phi) is 3.15. The van der Waals surface area contributed by atoms with Gasteiger partial charge in [0.25, 0.3) is 0 Å². The van der Waals surface area contributed by atoms with Crippen LogP contribution in [-0.4, -0.2) is 14.2 Å². The summed E-state index contributed by atoms with van der Waals surface area (Å²) in [4.78, 5) is 0. The summed E-state index contributed by atoms with van der Waals surface area (Å²) in [7, 11) is 2.04. The van der Waals surface area contributed by atoms with Crippen LogP contribution in [-0.2, 0) is 13.5 Å². The first kappa shape index (κ1) is 13.9. The van der Waals surface area contributed by atoms with Crippen LogP contribution in [0.25, 0.3) is 27.4 Å². The fourth-order valence-corrected chi connectivity index (χ4v) is 3.28. The number of hydrogen-bond acceptors (Lipinski definition) is 1. The molecule has 0 saturated carbocycles. The lowest BCUT2D eigenvalue weighted by Crippen LogP contribution is -1.92. The predicted molar refractivity (Wildman–Crippen MR) is 95.4 cm³/mol. The molecule has 1 N–H and O–H groups in total. The molecule has 0 unspecified atom stereocenters. The van der Waals surface area contributed by atoms with Crippen molar-refractivity contribution >= 4 is 21.7 Å². The molecule has 0 aliphatic carbocycles. The first-order valence-corrected chi connectivity index (χ1v) is 8.06. The van der Waals surface area contributed by atoms with Crippen LogP contribution in [0.3, 0.4) is 0 Å². The standard InChI is InChI=1S/C20H20N2O/c1-3-4-14-5-6-16-13-22(20(23)18(16)11-14)17-8-7-15-9-10-21(2)19(15)12-17/h5-13,23H,3-4H2,1-2H3. The van der Waals surface area contributed by atoms with Crippen molar-refractivity contribution in [1.82, 2.24) is 9.13 Å². The quantitative estimate of drug-likeness (QED) is 0.580. The van der Waals surface area contributed by atoms with Gasteiger partial charge in [0.05, 0.1) is 5.69 Å². The van der Waals surface area contributed by atoms with Crippen LogP contribution in [0, 0.1) is 0 Å². The van der Waals surface area contributed by atoms with Crippen molar-refractivity contribution in [2.45, 2.75) is 19.8 Å². The molecule has 2 aromatic heterocycles. The molecule has 0 amide bonds. The second kappa shape index (κ2) is 5.20. The monoisotopic (exact) mass is 304 g/mol. The molecule has 4 aromatic rings. The highest BCUT2D eigenvalue weighted by molar-refractivity contribution is 5.90. The summed E-state index contributed by atoms with van der Waals surface area (Å²) in [6.45, 7) is 2.17. The third-order valence-electron chi connectivity index (χ3n) is 4.54. The average molecular weight is 304 g/mol. The highest BCUT2D eigenvalue weighted by Gasteiger charge is 2.11. The van der Waals surface area contributed by atoms with Crippen LogP contribution < -0.4 is 0 Å². The summed E-state index contributed by atoms with van der Waals surface area (Å²) in [5, 5.41) is 13.9. The van der Waals surface area contributed by atoms with Gasteiger partial charge in [0.15, 0.2) is 0 Å². The summed E-state index contributed by atoms with van der Waals surface area (Å²) < 4.78 is 3.96. The molecule has 2 aromatic carbocycles. The number of aromatic nitrogens is 2. The molecule has 0 saturated heterocycles. The number of fused-ring (bicyclic) bond motifs is 2. The maximum atomic E-state index is 10.7. The van der Waals surface area contributed by atoms with Crippen LogP contribution in [0.4, 0.5) is 0 Å². The molecule has 0 radical (unpaired) electrons. The molecule has 4 rings (SSSR count). The van der Waals surface area contributed by atoms with E-state index in [9.17, 15) is 5.11 Å². The first-order chi connectivity index (χ1) is 11.2. The van der Waals surface area contributed by atoms with Gasteiger partial charge in [-0.15, -0.1) is 0 Å². The summed E-state index contributed by atoms with van der Waals surface area (Å²) in [6, 6.07) is 14.7. The summed E-state index contributed by atoms with van der Waals surface area (Å²) in [6.07, 6.45) is 6.20. The van der Waals surface area contributed by atoms with Gasteiger partial charge in [0.1, 0.15) is 0 Å². The van der Waals surface area contributed by atoms with Gasteiger partial charge in [0.2, 0.25) is 5.88 Å². The molecule has 0 aliphatic heterocycles. The number of benzene rings is 2. The second-order valence-corrected chi connectivity index (χ2v) is 6.16. The molecular weight excluding hydrogens is 284 g/mol. The number of hydrogen-bond donors (Lipinski definition) is 1. The Bertz CT molecular complexity index is 1010. The molecule has 2 heterocycles. The Labute approximate surface area is 135 Å². The Hall–Kier alpha value is -2.68. The van der Waals surface area contributed by atoms with Gasteiger partial charge in [-0.1, -0.05) is 31.5 Å². The molecule has 3 nitrogen and oxygen atoms in total. The maximum Gasteiger partial charge on any atom is 0.203 e. The van der Waals surface area contributed by atoms with E-state index in [1.54, 1.807) is 0 Å². The van der Waals surface area contributed by atoms with Gasteiger partial charge >= 0.3 is 0 Å². The SMILES string of the molecule is CCCc1ccc2cn(-c3ccc4ccn(C)c4c3)c(O)c2c1. The minimum absolute atomic E-state index is 0.312. The van der Waals surface area contributed by atoms with Gasteiger partial charge in [0, 0.05) is 35.7 Å². The zero-order valence-electron chi connectivity index (χ0n) is 13.5. The van der Waals surface area contributed by atoms with E-state index >= 15 is 0 Å². The van der Waals surface area contributed by atoms with Crippen molar-refractivity contribution in [3.8, 4) is 11.6 Å². The van der Waals surface area contributed by atoms with E-state index in [2.05, 4.69) is 54.1 Å². The molecule has 0 fully saturated rings. The third-order valence-corrected chi connectivity index (χ3v) is 4.54. The van der Waals surface area contributed by atoms with E-state index in [1.807, 2.05) is 23.9 Å². The smallest absolute Gasteiger partial charge is 0.203 e. The van der Waals surface area contributed by atoms with E-state index in [0.29, 0.717) is 5.88 Å². The summed E-state index contributed by atoms with van der Waals surface area (Å²) >= 11 is 0. The molecular formula is C20H20N2O. The van der Waals surface area contributed by atoms with Crippen molar-refractivity contribution in [3.63, 3.8) is 0 Å². The van der Waals surface area contributed by atoms with Crippen LogP contribution in [0.5, 0.6) is 5.88 Å². The minimum Gasteiger partial charge on any atom is -0.494 e. The lowest BCUT2D eigenvalue weighted by molar-refractivity contribution is 0.448. The van der Waals surface area contributed by atoms with E-state index in [1.165, 1.54) is 10.9 Å². The second-order valence-electron chi connectivity index (χ2n) is 6.16. The lowest BCUT2D eigenvalue weighted by Gasteiger charge is -2.06. The van der Waals surface area contributed by atoms with Crippen LogP contribution in [0.15, 0.2) is 54.9 Å². The normalized spacial score (nSPS) is 11.6. The molecule has 0 aliphatic rings. The number of nitrogens with zero attached hydrogens (tertiary/aromatic N) is 2. The Morgan fingerprint density at radius 2 is 1.83 bits per heavy atom. The van der Waals surface area contributed by atoms with Crippen LogP contribution in [0.2, 0.25) is 0 Å². The number of rotatable bonds is 3.